The summed E-state index contributed by atoms with van der Waals surface area (Å²) in [5.41, 5.74) is 0.253. The number of aliphatic hydroxyl groups excluding tert-OH is 5. The maximum Gasteiger partial charge on any atom is 0.184 e. The van der Waals surface area contributed by atoms with Gasteiger partial charge >= 0.3 is 0 Å². The maximum atomic E-state index is 10.1. The Morgan fingerprint density at radius 1 is 1.10 bits per heavy atom. The Balaban J connectivity index is 1.73. The molecule has 3 rings (SSSR count). The molecule has 8 nitrogen and oxygen atoms in total. The fourth-order valence-corrected chi connectivity index (χ4v) is 3.10. The fourth-order valence-electron chi connectivity index (χ4n) is 3.10. The van der Waals surface area contributed by atoms with Crippen molar-refractivity contribution >= 4 is 0 Å². The highest BCUT2D eigenvalue weighted by Gasteiger charge is 2.57. The predicted octanol–water partition coefficient (Wildman–Crippen LogP) is -3.17. The molecule has 2 heterocycles. The zero-order valence-electron chi connectivity index (χ0n) is 11.5. The molecule has 120 valence electrons. The van der Waals surface area contributed by atoms with E-state index in [-0.39, 0.29) is 29.9 Å². The van der Waals surface area contributed by atoms with Crippen molar-refractivity contribution in [2.24, 2.45) is 0 Å². The van der Waals surface area contributed by atoms with Crippen LogP contribution in [0.1, 0.15) is 6.92 Å². The molecule has 9 atom stereocenters. The van der Waals surface area contributed by atoms with Gasteiger partial charge in [-0.15, -0.1) is 0 Å². The van der Waals surface area contributed by atoms with Crippen LogP contribution in [-0.2, 0) is 9.47 Å². The van der Waals surface area contributed by atoms with Crippen LogP contribution < -0.4 is 5.32 Å². The normalized spacial score (nSPS) is 53.0. The average Bonchev–Trinajstić information content (AvgIpc) is 3.24. The van der Waals surface area contributed by atoms with E-state index in [1.54, 1.807) is 6.92 Å². The van der Waals surface area contributed by atoms with Gasteiger partial charge < -0.3 is 40.3 Å². The van der Waals surface area contributed by atoms with Crippen LogP contribution in [0.25, 0.3) is 0 Å². The summed E-state index contributed by atoms with van der Waals surface area (Å²) in [7, 11) is 0. The first-order valence-electron chi connectivity index (χ1n) is 7.04. The summed E-state index contributed by atoms with van der Waals surface area (Å²) in [6.07, 6.45) is -4.25. The second-order valence-electron chi connectivity index (χ2n) is 5.84. The molecule has 0 saturated carbocycles. The molecule has 0 aromatic heterocycles. The smallest absolute Gasteiger partial charge is 0.184 e. The summed E-state index contributed by atoms with van der Waals surface area (Å²) in [5, 5.41) is 51.5. The minimum atomic E-state index is -1.38. The van der Waals surface area contributed by atoms with Gasteiger partial charge in [0.15, 0.2) is 6.29 Å². The molecule has 0 bridgehead atoms. The van der Waals surface area contributed by atoms with E-state index in [1.807, 2.05) is 0 Å². The Morgan fingerprint density at radius 2 is 1.81 bits per heavy atom. The number of epoxide rings is 1. The highest BCUT2D eigenvalue weighted by Crippen LogP contribution is 2.37. The summed E-state index contributed by atoms with van der Waals surface area (Å²) in [6, 6.07) is -0.918. The second-order valence-corrected chi connectivity index (χ2v) is 5.84. The third kappa shape index (κ3) is 2.62. The van der Waals surface area contributed by atoms with Crippen LogP contribution in [0.3, 0.4) is 0 Å². The number of aliphatic hydroxyl groups is 5. The summed E-state index contributed by atoms with van der Waals surface area (Å²) in [6.45, 7) is 1.37. The number of rotatable bonds is 3. The molecule has 3 aliphatic rings. The van der Waals surface area contributed by atoms with Crippen molar-refractivity contribution in [2.75, 3.05) is 6.61 Å². The predicted molar refractivity (Wildman–Crippen MR) is 69.1 cm³/mol. The van der Waals surface area contributed by atoms with Gasteiger partial charge in [0.05, 0.1) is 24.8 Å². The molecule has 1 aliphatic carbocycles. The lowest BCUT2D eigenvalue weighted by Crippen LogP contribution is -2.60. The molecule has 0 aromatic carbocycles. The molecular weight excluding hydrogens is 282 g/mol. The molecule has 0 amide bonds. The Bertz CT molecular complexity index is 429. The summed E-state index contributed by atoms with van der Waals surface area (Å²) >= 11 is 0. The van der Waals surface area contributed by atoms with E-state index < -0.39 is 37.3 Å². The van der Waals surface area contributed by atoms with E-state index in [9.17, 15) is 25.5 Å². The van der Waals surface area contributed by atoms with Crippen molar-refractivity contribution in [2.45, 2.75) is 61.9 Å². The van der Waals surface area contributed by atoms with Gasteiger partial charge in [-0.05, 0) is 12.5 Å². The minimum absolute atomic E-state index is 0.217. The highest BCUT2D eigenvalue weighted by atomic mass is 16.7. The fraction of sp³-hybridized carbons (Fsp3) is 0.846. The van der Waals surface area contributed by atoms with Gasteiger partial charge in [-0.25, -0.2) is 0 Å². The van der Waals surface area contributed by atoms with E-state index in [0.717, 1.165) is 0 Å². The van der Waals surface area contributed by atoms with Crippen LogP contribution in [0, 0.1) is 0 Å². The van der Waals surface area contributed by atoms with Crippen LogP contribution in [0.4, 0.5) is 0 Å². The largest absolute Gasteiger partial charge is 0.392 e. The number of hydrogen-bond acceptors (Lipinski definition) is 8. The number of hydrogen-bond donors (Lipinski definition) is 6. The first kappa shape index (κ1) is 15.3. The molecule has 0 aromatic rings. The monoisotopic (exact) mass is 303 g/mol. The first-order valence-corrected chi connectivity index (χ1v) is 7.04. The average molecular weight is 303 g/mol. The van der Waals surface area contributed by atoms with Crippen molar-refractivity contribution in [3.8, 4) is 0 Å². The van der Waals surface area contributed by atoms with Crippen molar-refractivity contribution in [1.82, 2.24) is 5.32 Å². The maximum absolute atomic E-state index is 10.1. The molecule has 2 aliphatic heterocycles. The van der Waals surface area contributed by atoms with E-state index in [0.29, 0.717) is 0 Å². The third-order valence-electron chi connectivity index (χ3n) is 4.44. The van der Waals surface area contributed by atoms with E-state index in [1.165, 1.54) is 6.08 Å². The zero-order valence-corrected chi connectivity index (χ0v) is 11.5. The lowest BCUT2D eigenvalue weighted by atomic mass is 9.87. The van der Waals surface area contributed by atoms with Crippen molar-refractivity contribution in [1.29, 1.82) is 0 Å². The Kier molecular flexibility index (Phi) is 4.06. The molecule has 8 heteroatoms. The lowest BCUT2D eigenvalue weighted by Gasteiger charge is -2.38. The molecule has 2 saturated heterocycles. The summed E-state index contributed by atoms with van der Waals surface area (Å²) in [4.78, 5) is 0. The molecule has 0 radical (unpaired) electrons. The molecule has 9 unspecified atom stereocenters. The van der Waals surface area contributed by atoms with Crippen LogP contribution in [-0.4, -0.2) is 87.1 Å². The van der Waals surface area contributed by atoms with Crippen LogP contribution >= 0.6 is 0 Å². The molecule has 21 heavy (non-hydrogen) atoms. The third-order valence-corrected chi connectivity index (χ3v) is 4.44. The van der Waals surface area contributed by atoms with Gasteiger partial charge in [0.2, 0.25) is 0 Å². The Morgan fingerprint density at radius 3 is 2.48 bits per heavy atom. The van der Waals surface area contributed by atoms with Gasteiger partial charge in [-0.2, -0.15) is 0 Å². The van der Waals surface area contributed by atoms with Crippen molar-refractivity contribution in [3.05, 3.63) is 11.6 Å². The Labute approximate surface area is 121 Å². The summed E-state index contributed by atoms with van der Waals surface area (Å²) in [5.74, 6) is 0. The van der Waals surface area contributed by atoms with Crippen LogP contribution in [0.15, 0.2) is 11.6 Å². The van der Waals surface area contributed by atoms with E-state index >= 15 is 0 Å². The summed E-state index contributed by atoms with van der Waals surface area (Å²) < 4.78 is 10.7. The minimum Gasteiger partial charge on any atom is -0.392 e. The first-order chi connectivity index (χ1) is 9.93. The lowest BCUT2D eigenvalue weighted by molar-refractivity contribution is -0.159. The zero-order chi connectivity index (χ0) is 15.3. The molecular formula is C13H21NO7. The molecule has 6 N–H and O–H groups in total. The van der Waals surface area contributed by atoms with E-state index in [4.69, 9.17) is 9.47 Å². The number of nitrogens with one attached hydrogen (secondary N) is 1. The van der Waals surface area contributed by atoms with Gasteiger partial charge in [-0.3, -0.25) is 0 Å². The standard InChI is InChI=1S/C13H21NO7/c1-4-7(11-12(21-11)13(19)20-4)14-6-2-5(3-15)8(16)10(18)9(6)17/h2,4,6-19H,3H2,1H3. The number of fused-ring (bicyclic) bond motifs is 1. The van der Waals surface area contributed by atoms with Crippen molar-refractivity contribution < 1.29 is 35.0 Å². The molecule has 0 spiro atoms. The SMILES string of the molecule is CC1OC(O)C2OC2C1NC1C=C(CO)C(O)C(O)C1O. The van der Waals surface area contributed by atoms with Gasteiger partial charge in [-0.1, -0.05) is 6.08 Å². The van der Waals surface area contributed by atoms with Crippen LogP contribution in [0.5, 0.6) is 0 Å². The quantitative estimate of drug-likeness (QED) is 0.237. The van der Waals surface area contributed by atoms with Crippen molar-refractivity contribution in [3.63, 3.8) is 0 Å². The second kappa shape index (κ2) is 5.56. The topological polar surface area (TPSA) is 135 Å². The Hall–Kier alpha value is -0.580. The van der Waals surface area contributed by atoms with Gasteiger partial charge in [0.25, 0.3) is 0 Å². The van der Waals surface area contributed by atoms with Gasteiger partial charge in [0.1, 0.15) is 30.5 Å². The van der Waals surface area contributed by atoms with Crippen LogP contribution in [0.2, 0.25) is 0 Å². The van der Waals surface area contributed by atoms with Gasteiger partial charge in [0, 0.05) is 0 Å². The molecule has 2 fully saturated rings. The van der Waals surface area contributed by atoms with E-state index in [2.05, 4.69) is 5.32 Å². The number of ether oxygens (including phenoxy) is 2. The highest BCUT2D eigenvalue weighted by molar-refractivity contribution is 5.22.